The fourth-order valence-electron chi connectivity index (χ4n) is 2.96. The molecule has 0 amide bonds. The van der Waals surface area contributed by atoms with Crippen molar-refractivity contribution >= 4 is 11.9 Å². The van der Waals surface area contributed by atoms with Crippen LogP contribution < -0.4 is 0 Å². The van der Waals surface area contributed by atoms with Crippen LogP contribution in [0, 0.1) is 13.8 Å². The lowest BCUT2D eigenvalue weighted by atomic mass is 10.1. The molecule has 2 aromatic carbocycles. The Morgan fingerprint density at radius 2 is 1.71 bits per heavy atom. The predicted molar refractivity (Wildman–Crippen MR) is 111 cm³/mol. The summed E-state index contributed by atoms with van der Waals surface area (Å²) >= 11 is 0. The molecule has 4 nitrogen and oxygen atoms in total. The van der Waals surface area contributed by atoms with E-state index in [9.17, 15) is 4.79 Å². The van der Waals surface area contributed by atoms with E-state index in [2.05, 4.69) is 5.10 Å². The molecular formula is C24H20N2O2. The van der Waals surface area contributed by atoms with E-state index in [0.29, 0.717) is 17.0 Å². The Balaban J connectivity index is 1.71. The van der Waals surface area contributed by atoms with Gasteiger partial charge < -0.3 is 4.42 Å². The average molecular weight is 368 g/mol. The van der Waals surface area contributed by atoms with Gasteiger partial charge in [-0.25, -0.2) is 4.68 Å². The van der Waals surface area contributed by atoms with Gasteiger partial charge in [0.05, 0.1) is 5.69 Å². The minimum Gasteiger partial charge on any atom is -0.460 e. The summed E-state index contributed by atoms with van der Waals surface area (Å²) in [7, 11) is 0. The number of nitrogens with zero attached hydrogens (tertiary/aromatic N) is 2. The van der Waals surface area contributed by atoms with Gasteiger partial charge >= 0.3 is 0 Å². The topological polar surface area (TPSA) is 48.0 Å². The lowest BCUT2D eigenvalue weighted by molar-refractivity contribution is 0.104. The third kappa shape index (κ3) is 3.71. The first-order valence-corrected chi connectivity index (χ1v) is 9.11. The van der Waals surface area contributed by atoms with E-state index in [0.717, 1.165) is 22.6 Å². The quantitative estimate of drug-likeness (QED) is 0.338. The van der Waals surface area contributed by atoms with E-state index in [-0.39, 0.29) is 5.78 Å². The highest BCUT2D eigenvalue weighted by molar-refractivity contribution is 6.07. The maximum atomic E-state index is 12.5. The molecule has 4 rings (SSSR count). The molecule has 4 aromatic rings. The normalized spacial score (nSPS) is 11.2. The molecule has 0 unspecified atom stereocenters. The molecule has 2 aromatic heterocycles. The SMILES string of the molecule is Cc1ccc(C(=O)/C=C/c2cn(-c3ccccc3)nc2-c2ccc(C)o2)cc1. The Morgan fingerprint density at radius 1 is 0.964 bits per heavy atom. The second kappa shape index (κ2) is 7.53. The molecule has 0 saturated carbocycles. The first kappa shape index (κ1) is 17.7. The summed E-state index contributed by atoms with van der Waals surface area (Å²) < 4.78 is 7.56. The molecule has 0 spiro atoms. The van der Waals surface area contributed by atoms with Crippen molar-refractivity contribution in [1.29, 1.82) is 0 Å². The summed E-state index contributed by atoms with van der Waals surface area (Å²) in [6.07, 6.45) is 5.28. The van der Waals surface area contributed by atoms with Gasteiger partial charge in [0, 0.05) is 17.3 Å². The Kier molecular flexibility index (Phi) is 4.77. The molecule has 0 fully saturated rings. The number of aromatic nitrogens is 2. The molecule has 0 radical (unpaired) electrons. The van der Waals surface area contributed by atoms with Crippen LogP contribution in [-0.2, 0) is 0 Å². The van der Waals surface area contributed by atoms with E-state index in [4.69, 9.17) is 4.42 Å². The number of carbonyl (C=O) groups is 1. The third-order valence-electron chi connectivity index (χ3n) is 4.49. The molecule has 0 aliphatic heterocycles. The predicted octanol–water partition coefficient (Wildman–Crippen LogP) is 5.65. The number of furan rings is 1. The van der Waals surface area contributed by atoms with Crippen LogP contribution in [0.4, 0.5) is 0 Å². The number of allylic oxidation sites excluding steroid dienone is 1. The highest BCUT2D eigenvalue weighted by Crippen LogP contribution is 2.26. The zero-order valence-electron chi connectivity index (χ0n) is 15.8. The average Bonchev–Trinajstić information content (AvgIpc) is 3.33. The molecular weight excluding hydrogens is 348 g/mol. The summed E-state index contributed by atoms with van der Waals surface area (Å²) in [6.45, 7) is 3.90. The molecule has 0 aliphatic carbocycles. The second-order valence-electron chi connectivity index (χ2n) is 6.69. The van der Waals surface area contributed by atoms with E-state index in [1.165, 1.54) is 0 Å². The maximum Gasteiger partial charge on any atom is 0.185 e. The molecule has 28 heavy (non-hydrogen) atoms. The van der Waals surface area contributed by atoms with Crippen molar-refractivity contribution in [3.8, 4) is 17.1 Å². The van der Waals surface area contributed by atoms with Gasteiger partial charge in [-0.3, -0.25) is 4.79 Å². The molecule has 4 heteroatoms. The van der Waals surface area contributed by atoms with E-state index < -0.39 is 0 Å². The van der Waals surface area contributed by atoms with Gasteiger partial charge in [-0.2, -0.15) is 5.10 Å². The van der Waals surface area contributed by atoms with Gasteiger partial charge in [0.15, 0.2) is 11.5 Å². The fourth-order valence-corrected chi connectivity index (χ4v) is 2.96. The molecule has 138 valence electrons. The molecule has 0 bridgehead atoms. The minimum atomic E-state index is -0.0472. The number of para-hydroxylation sites is 1. The lowest BCUT2D eigenvalue weighted by Crippen LogP contribution is -1.93. The van der Waals surface area contributed by atoms with Gasteiger partial charge in [0.2, 0.25) is 0 Å². The number of aryl methyl sites for hydroxylation is 2. The third-order valence-corrected chi connectivity index (χ3v) is 4.49. The van der Waals surface area contributed by atoms with Crippen LogP contribution in [-0.4, -0.2) is 15.6 Å². The zero-order chi connectivity index (χ0) is 19.5. The lowest BCUT2D eigenvalue weighted by Gasteiger charge is -1.98. The Bertz CT molecular complexity index is 1130. The van der Waals surface area contributed by atoms with Crippen molar-refractivity contribution in [3.63, 3.8) is 0 Å². The molecule has 2 heterocycles. The number of hydrogen-bond acceptors (Lipinski definition) is 3. The summed E-state index contributed by atoms with van der Waals surface area (Å²) in [5.41, 5.74) is 4.24. The standard InChI is InChI=1S/C24H20N2O2/c1-17-8-11-19(12-9-17)22(27)14-13-20-16-26(21-6-4-3-5-7-21)25-24(20)23-15-10-18(2)28-23/h3-16H,1-2H3/b14-13+. The number of ketones is 1. The molecule has 0 aliphatic rings. The smallest absolute Gasteiger partial charge is 0.185 e. The highest BCUT2D eigenvalue weighted by Gasteiger charge is 2.14. The van der Waals surface area contributed by atoms with Crippen LogP contribution >= 0.6 is 0 Å². The summed E-state index contributed by atoms with van der Waals surface area (Å²) in [4.78, 5) is 12.5. The number of carbonyl (C=O) groups excluding carboxylic acids is 1. The van der Waals surface area contributed by atoms with Gasteiger partial charge in [-0.15, -0.1) is 0 Å². The fraction of sp³-hybridized carbons (Fsp3) is 0.0833. The van der Waals surface area contributed by atoms with E-state index >= 15 is 0 Å². The number of rotatable bonds is 5. The van der Waals surface area contributed by atoms with Crippen LogP contribution in [0.2, 0.25) is 0 Å². The molecule has 0 atom stereocenters. The van der Waals surface area contributed by atoms with Gasteiger partial charge in [-0.05, 0) is 50.3 Å². The van der Waals surface area contributed by atoms with Crippen molar-refractivity contribution in [3.05, 3.63) is 101 Å². The number of benzene rings is 2. The Morgan fingerprint density at radius 3 is 2.39 bits per heavy atom. The maximum absolute atomic E-state index is 12.5. The summed E-state index contributed by atoms with van der Waals surface area (Å²) in [6, 6.07) is 21.2. The minimum absolute atomic E-state index is 0.0472. The van der Waals surface area contributed by atoms with Crippen LogP contribution in [0.15, 0.2) is 83.4 Å². The van der Waals surface area contributed by atoms with Gasteiger partial charge in [0.1, 0.15) is 11.5 Å². The van der Waals surface area contributed by atoms with Crippen molar-refractivity contribution in [2.24, 2.45) is 0 Å². The van der Waals surface area contributed by atoms with Gasteiger partial charge in [0.25, 0.3) is 0 Å². The first-order chi connectivity index (χ1) is 13.6. The highest BCUT2D eigenvalue weighted by atomic mass is 16.3. The first-order valence-electron chi connectivity index (χ1n) is 9.11. The van der Waals surface area contributed by atoms with Crippen LogP contribution in [0.1, 0.15) is 27.2 Å². The monoisotopic (exact) mass is 368 g/mol. The molecule has 0 saturated heterocycles. The Labute approximate surface area is 163 Å². The van der Waals surface area contributed by atoms with Crippen LogP contribution in [0.5, 0.6) is 0 Å². The molecule has 0 N–H and O–H groups in total. The van der Waals surface area contributed by atoms with E-state index in [1.807, 2.05) is 86.8 Å². The zero-order valence-corrected chi connectivity index (χ0v) is 15.8. The van der Waals surface area contributed by atoms with Crippen molar-refractivity contribution in [2.75, 3.05) is 0 Å². The largest absolute Gasteiger partial charge is 0.460 e. The number of hydrogen-bond donors (Lipinski definition) is 0. The summed E-state index contributed by atoms with van der Waals surface area (Å²) in [5.74, 6) is 1.44. The van der Waals surface area contributed by atoms with E-state index in [1.54, 1.807) is 16.8 Å². The van der Waals surface area contributed by atoms with Crippen molar-refractivity contribution in [1.82, 2.24) is 9.78 Å². The van der Waals surface area contributed by atoms with Gasteiger partial charge in [-0.1, -0.05) is 48.0 Å². The Hall–Kier alpha value is -3.66. The van der Waals surface area contributed by atoms with Crippen LogP contribution in [0.3, 0.4) is 0 Å². The summed E-state index contributed by atoms with van der Waals surface area (Å²) in [5, 5.41) is 4.69. The second-order valence-corrected chi connectivity index (χ2v) is 6.69. The van der Waals surface area contributed by atoms with Crippen molar-refractivity contribution in [2.45, 2.75) is 13.8 Å². The van der Waals surface area contributed by atoms with Crippen LogP contribution in [0.25, 0.3) is 23.2 Å². The van der Waals surface area contributed by atoms with Crippen molar-refractivity contribution < 1.29 is 9.21 Å².